The number of nitrogens with two attached hydrogens (primary N) is 2. The molecule has 0 bridgehead atoms. The lowest BCUT2D eigenvalue weighted by molar-refractivity contribution is 0.982. The van der Waals surface area contributed by atoms with Gasteiger partial charge in [0, 0.05) is 0 Å². The molecule has 0 amide bonds. The van der Waals surface area contributed by atoms with Gasteiger partial charge in [0.2, 0.25) is 11.9 Å². The molecular formula is C7H13N5S. The Labute approximate surface area is 81.4 Å². The van der Waals surface area contributed by atoms with E-state index in [0.717, 1.165) is 0 Å². The van der Waals surface area contributed by atoms with E-state index >= 15 is 0 Å². The molecule has 0 aliphatic heterocycles. The maximum absolute atomic E-state index is 5.41. The van der Waals surface area contributed by atoms with Crippen LogP contribution in [0.3, 0.4) is 0 Å². The summed E-state index contributed by atoms with van der Waals surface area (Å²) in [7, 11) is 0. The molecule has 13 heavy (non-hydrogen) atoms. The first-order chi connectivity index (χ1) is 6.08. The van der Waals surface area contributed by atoms with Gasteiger partial charge in [-0.3, -0.25) is 0 Å². The average Bonchev–Trinajstić information content (AvgIpc) is 1.99. The van der Waals surface area contributed by atoms with Crippen LogP contribution in [-0.4, -0.2) is 20.2 Å². The van der Waals surface area contributed by atoms with Gasteiger partial charge >= 0.3 is 0 Å². The second kappa shape index (κ2) is 4.27. The highest BCUT2D eigenvalue weighted by molar-refractivity contribution is 7.99. The summed E-state index contributed by atoms with van der Waals surface area (Å²) in [6, 6.07) is 0. The van der Waals surface area contributed by atoms with Gasteiger partial charge in [-0.2, -0.15) is 26.7 Å². The van der Waals surface area contributed by atoms with Crippen LogP contribution in [0.4, 0.5) is 11.9 Å². The molecular weight excluding hydrogens is 186 g/mol. The first-order valence-electron chi connectivity index (χ1n) is 3.95. The summed E-state index contributed by atoms with van der Waals surface area (Å²) in [5.41, 5.74) is 10.8. The van der Waals surface area contributed by atoms with Crippen LogP contribution in [0.15, 0.2) is 0 Å². The lowest BCUT2D eigenvalue weighted by atomic mass is 10.6. The highest BCUT2D eigenvalue weighted by Crippen LogP contribution is 2.14. The first-order valence-corrected chi connectivity index (χ1v) is 5.00. The van der Waals surface area contributed by atoms with Crippen LogP contribution in [0, 0.1) is 0 Å². The molecule has 1 aromatic heterocycles. The number of aromatic nitrogens is 3. The van der Waals surface area contributed by atoms with Gasteiger partial charge in [-0.15, -0.1) is 0 Å². The lowest BCUT2D eigenvalue weighted by Gasteiger charge is -2.04. The number of anilines is 2. The summed E-state index contributed by atoms with van der Waals surface area (Å²) in [6.45, 7) is 4.22. The molecule has 0 unspecified atom stereocenters. The van der Waals surface area contributed by atoms with Gasteiger partial charge in [0.25, 0.3) is 0 Å². The minimum Gasteiger partial charge on any atom is -0.368 e. The largest absolute Gasteiger partial charge is 0.368 e. The van der Waals surface area contributed by atoms with E-state index in [9.17, 15) is 0 Å². The van der Waals surface area contributed by atoms with E-state index in [4.69, 9.17) is 11.5 Å². The van der Waals surface area contributed by atoms with E-state index in [0.29, 0.717) is 16.8 Å². The Morgan fingerprint density at radius 1 is 1.15 bits per heavy atom. The summed E-state index contributed by atoms with van der Waals surface area (Å²) in [5.74, 6) is 1.73. The minimum atomic E-state index is 0.187. The summed E-state index contributed by atoms with van der Waals surface area (Å²) < 4.78 is 0. The van der Waals surface area contributed by atoms with Crippen LogP contribution in [0.5, 0.6) is 0 Å². The third kappa shape index (κ3) is 3.45. The second-order valence-electron chi connectivity index (χ2n) is 2.83. The summed E-state index contributed by atoms with van der Waals surface area (Å²) >= 11 is 1.74. The molecule has 4 N–H and O–H groups in total. The summed E-state index contributed by atoms with van der Waals surface area (Å²) in [4.78, 5) is 11.6. The van der Waals surface area contributed by atoms with E-state index in [1.165, 1.54) is 0 Å². The van der Waals surface area contributed by atoms with Crippen molar-refractivity contribution in [3.05, 3.63) is 5.82 Å². The van der Waals surface area contributed by atoms with Crippen LogP contribution in [0.2, 0.25) is 0 Å². The summed E-state index contributed by atoms with van der Waals surface area (Å²) in [5, 5.41) is 0.541. The number of nitrogen functional groups attached to an aromatic ring is 2. The number of hydrogen-bond acceptors (Lipinski definition) is 6. The second-order valence-corrected chi connectivity index (χ2v) is 4.39. The van der Waals surface area contributed by atoms with Gasteiger partial charge in [0.1, 0.15) is 5.82 Å². The molecule has 0 fully saturated rings. The average molecular weight is 199 g/mol. The standard InChI is InChI=1S/C7H13N5S/c1-4(2)13-3-5-10-6(8)12-7(9)11-5/h4H,3H2,1-2H3,(H4,8,9,10,11,12). The van der Waals surface area contributed by atoms with E-state index in [1.807, 2.05) is 0 Å². The Kier molecular flexibility index (Phi) is 3.30. The lowest BCUT2D eigenvalue weighted by Crippen LogP contribution is -2.06. The molecule has 1 aromatic rings. The molecule has 0 aliphatic carbocycles. The SMILES string of the molecule is CC(C)SCc1nc(N)nc(N)n1. The first kappa shape index (κ1) is 10.0. The van der Waals surface area contributed by atoms with Crippen molar-refractivity contribution in [1.82, 2.24) is 15.0 Å². The number of thioether (sulfide) groups is 1. The van der Waals surface area contributed by atoms with Crippen LogP contribution in [-0.2, 0) is 5.75 Å². The zero-order valence-corrected chi connectivity index (χ0v) is 8.51. The molecule has 0 spiro atoms. The van der Waals surface area contributed by atoms with Crippen molar-refractivity contribution >= 4 is 23.7 Å². The number of rotatable bonds is 3. The molecule has 0 aliphatic rings. The highest BCUT2D eigenvalue weighted by Gasteiger charge is 2.02. The van der Waals surface area contributed by atoms with Crippen molar-refractivity contribution in [1.29, 1.82) is 0 Å². The molecule has 0 saturated carbocycles. The number of nitrogens with zero attached hydrogens (tertiary/aromatic N) is 3. The van der Waals surface area contributed by atoms with E-state index in [1.54, 1.807) is 11.8 Å². The van der Waals surface area contributed by atoms with Crippen molar-refractivity contribution in [3.63, 3.8) is 0 Å². The predicted molar refractivity (Wildman–Crippen MR) is 55.1 cm³/mol. The van der Waals surface area contributed by atoms with Crippen LogP contribution >= 0.6 is 11.8 Å². The van der Waals surface area contributed by atoms with Gasteiger partial charge in [0.15, 0.2) is 0 Å². The maximum Gasteiger partial charge on any atom is 0.225 e. The third-order valence-electron chi connectivity index (χ3n) is 1.26. The topological polar surface area (TPSA) is 90.7 Å². The zero-order chi connectivity index (χ0) is 9.84. The molecule has 6 heteroatoms. The van der Waals surface area contributed by atoms with Crippen molar-refractivity contribution in [2.75, 3.05) is 11.5 Å². The van der Waals surface area contributed by atoms with Crippen LogP contribution in [0.1, 0.15) is 19.7 Å². The molecule has 1 heterocycles. The van der Waals surface area contributed by atoms with Gasteiger partial charge in [-0.05, 0) is 5.25 Å². The van der Waals surface area contributed by atoms with Gasteiger partial charge < -0.3 is 11.5 Å². The Morgan fingerprint density at radius 2 is 1.69 bits per heavy atom. The van der Waals surface area contributed by atoms with Crippen LogP contribution in [0.25, 0.3) is 0 Å². The fraction of sp³-hybridized carbons (Fsp3) is 0.571. The molecule has 5 nitrogen and oxygen atoms in total. The monoisotopic (exact) mass is 199 g/mol. The Hall–Kier alpha value is -1.04. The fourth-order valence-electron chi connectivity index (χ4n) is 0.763. The zero-order valence-electron chi connectivity index (χ0n) is 7.69. The summed E-state index contributed by atoms with van der Waals surface area (Å²) in [6.07, 6.45) is 0. The number of hydrogen-bond donors (Lipinski definition) is 2. The quantitative estimate of drug-likeness (QED) is 0.743. The van der Waals surface area contributed by atoms with Gasteiger partial charge in [0.05, 0.1) is 5.75 Å². The van der Waals surface area contributed by atoms with E-state index < -0.39 is 0 Å². The van der Waals surface area contributed by atoms with E-state index in [2.05, 4.69) is 28.8 Å². The highest BCUT2D eigenvalue weighted by atomic mass is 32.2. The molecule has 0 aromatic carbocycles. The fourth-order valence-corrected chi connectivity index (χ4v) is 1.37. The van der Waals surface area contributed by atoms with E-state index in [-0.39, 0.29) is 11.9 Å². The smallest absolute Gasteiger partial charge is 0.225 e. The maximum atomic E-state index is 5.41. The Morgan fingerprint density at radius 3 is 2.15 bits per heavy atom. The van der Waals surface area contributed by atoms with Crippen molar-refractivity contribution in [2.24, 2.45) is 0 Å². The third-order valence-corrected chi connectivity index (χ3v) is 2.35. The Balaban J connectivity index is 2.66. The molecule has 0 radical (unpaired) electrons. The molecule has 1 rings (SSSR count). The van der Waals surface area contributed by atoms with Crippen LogP contribution < -0.4 is 11.5 Å². The Bertz CT molecular complexity index is 268. The van der Waals surface area contributed by atoms with Crippen molar-refractivity contribution in [3.8, 4) is 0 Å². The minimum absolute atomic E-state index is 0.187. The predicted octanol–water partition coefficient (Wildman–Crippen LogP) is 0.678. The molecule has 72 valence electrons. The van der Waals surface area contributed by atoms with Crippen molar-refractivity contribution < 1.29 is 0 Å². The molecule has 0 saturated heterocycles. The van der Waals surface area contributed by atoms with Gasteiger partial charge in [-0.1, -0.05) is 13.8 Å². The normalized spacial score (nSPS) is 10.7. The molecule has 0 atom stereocenters. The van der Waals surface area contributed by atoms with Gasteiger partial charge in [-0.25, -0.2) is 0 Å². The van der Waals surface area contributed by atoms with Crippen molar-refractivity contribution in [2.45, 2.75) is 24.9 Å².